The number of rotatable bonds is 11. The molecule has 0 spiro atoms. The standard InChI is InChI=1S/C22H34N4O5/c1-14(2)16(5)26(6)22(30)31-12-17-7-9-18(10-8-17)25-19(28)11-23-21(29)20(15(3)4)24-13-27/h7-10,13-16,20H,11-12H2,1-6H3,(H,23,29)(H,24,27)(H,25,28). The van der Waals surface area contributed by atoms with Gasteiger partial charge in [0.1, 0.15) is 12.6 Å². The Labute approximate surface area is 183 Å². The number of carbonyl (C=O) groups is 4. The highest BCUT2D eigenvalue weighted by Crippen LogP contribution is 2.13. The lowest BCUT2D eigenvalue weighted by Gasteiger charge is -2.27. The highest BCUT2D eigenvalue weighted by atomic mass is 16.6. The number of ether oxygens (including phenoxy) is 1. The summed E-state index contributed by atoms with van der Waals surface area (Å²) in [7, 11) is 1.71. The van der Waals surface area contributed by atoms with E-state index in [-0.39, 0.29) is 25.1 Å². The molecule has 9 nitrogen and oxygen atoms in total. The van der Waals surface area contributed by atoms with E-state index in [1.165, 1.54) is 0 Å². The van der Waals surface area contributed by atoms with Crippen molar-refractivity contribution < 1.29 is 23.9 Å². The predicted octanol–water partition coefficient (Wildman–Crippen LogP) is 2.12. The summed E-state index contributed by atoms with van der Waals surface area (Å²) in [6.07, 6.45) is 0.0737. The number of anilines is 1. The highest BCUT2D eigenvalue weighted by Gasteiger charge is 2.22. The minimum Gasteiger partial charge on any atom is -0.445 e. The third kappa shape index (κ3) is 8.65. The molecule has 1 rings (SSSR count). The second-order valence-corrected chi connectivity index (χ2v) is 8.12. The zero-order valence-corrected chi connectivity index (χ0v) is 19.1. The maximum absolute atomic E-state index is 12.1. The number of hydrogen-bond donors (Lipinski definition) is 3. The van der Waals surface area contributed by atoms with Gasteiger partial charge in [0, 0.05) is 18.8 Å². The Morgan fingerprint density at radius 3 is 2.16 bits per heavy atom. The Bertz CT molecular complexity index is 749. The first-order valence-electron chi connectivity index (χ1n) is 10.3. The fourth-order valence-corrected chi connectivity index (χ4v) is 2.67. The van der Waals surface area contributed by atoms with Gasteiger partial charge in [-0.25, -0.2) is 4.79 Å². The molecule has 0 fully saturated rings. The minimum absolute atomic E-state index is 0.0654. The molecular weight excluding hydrogens is 400 g/mol. The molecule has 31 heavy (non-hydrogen) atoms. The van der Waals surface area contributed by atoms with E-state index in [2.05, 4.69) is 16.0 Å². The van der Waals surface area contributed by atoms with Gasteiger partial charge < -0.3 is 25.6 Å². The van der Waals surface area contributed by atoms with Crippen molar-refractivity contribution in [1.29, 1.82) is 0 Å². The second-order valence-electron chi connectivity index (χ2n) is 8.12. The second kappa shape index (κ2) is 12.6. The molecular formula is C22H34N4O5. The fraction of sp³-hybridized carbons (Fsp3) is 0.545. The number of nitrogens with one attached hydrogen (secondary N) is 3. The molecule has 0 saturated heterocycles. The van der Waals surface area contributed by atoms with Crippen molar-refractivity contribution in [3.8, 4) is 0 Å². The van der Waals surface area contributed by atoms with Crippen LogP contribution in [0.3, 0.4) is 0 Å². The molecule has 0 bridgehead atoms. The van der Waals surface area contributed by atoms with Crippen LogP contribution in [0.25, 0.3) is 0 Å². The zero-order valence-electron chi connectivity index (χ0n) is 19.1. The number of nitrogens with zero attached hydrogens (tertiary/aromatic N) is 1. The number of amides is 4. The van der Waals surface area contributed by atoms with Crippen molar-refractivity contribution in [2.45, 2.75) is 53.3 Å². The molecule has 0 aliphatic heterocycles. The van der Waals surface area contributed by atoms with Crippen molar-refractivity contribution in [3.63, 3.8) is 0 Å². The largest absolute Gasteiger partial charge is 0.445 e. The molecule has 3 N–H and O–H groups in total. The van der Waals surface area contributed by atoms with Crippen LogP contribution in [-0.4, -0.2) is 54.9 Å². The normalized spacial score (nSPS) is 12.6. The summed E-state index contributed by atoms with van der Waals surface area (Å²) < 4.78 is 5.33. The molecule has 2 unspecified atom stereocenters. The Morgan fingerprint density at radius 2 is 1.65 bits per heavy atom. The zero-order chi connectivity index (χ0) is 23.6. The summed E-state index contributed by atoms with van der Waals surface area (Å²) in [6, 6.07) is 6.24. The van der Waals surface area contributed by atoms with E-state index in [0.717, 1.165) is 5.56 Å². The maximum Gasteiger partial charge on any atom is 0.410 e. The molecule has 172 valence electrons. The average molecular weight is 435 g/mol. The van der Waals surface area contributed by atoms with Crippen LogP contribution >= 0.6 is 0 Å². The first kappa shape index (κ1) is 25.9. The van der Waals surface area contributed by atoms with Gasteiger partial charge in [0.15, 0.2) is 0 Å². The first-order chi connectivity index (χ1) is 14.6. The number of benzene rings is 1. The lowest BCUT2D eigenvalue weighted by atomic mass is 10.0. The molecule has 0 radical (unpaired) electrons. The van der Waals surface area contributed by atoms with E-state index >= 15 is 0 Å². The maximum atomic E-state index is 12.1. The molecule has 0 aliphatic carbocycles. The molecule has 0 aromatic heterocycles. The van der Waals surface area contributed by atoms with E-state index in [9.17, 15) is 19.2 Å². The van der Waals surface area contributed by atoms with Crippen LogP contribution in [-0.2, 0) is 25.7 Å². The van der Waals surface area contributed by atoms with Crippen molar-refractivity contribution >= 4 is 30.0 Å². The summed E-state index contributed by atoms with van der Waals surface area (Å²) in [5.74, 6) is -0.609. The van der Waals surface area contributed by atoms with Crippen LogP contribution in [0, 0.1) is 11.8 Å². The Morgan fingerprint density at radius 1 is 1.03 bits per heavy atom. The van der Waals surface area contributed by atoms with Gasteiger partial charge in [0.25, 0.3) is 0 Å². The monoisotopic (exact) mass is 434 g/mol. The van der Waals surface area contributed by atoms with Gasteiger partial charge in [-0.15, -0.1) is 0 Å². The van der Waals surface area contributed by atoms with Crippen molar-refractivity contribution in [1.82, 2.24) is 15.5 Å². The van der Waals surface area contributed by atoms with E-state index in [0.29, 0.717) is 18.0 Å². The molecule has 1 aromatic rings. The van der Waals surface area contributed by atoms with Gasteiger partial charge in [0.05, 0.1) is 6.54 Å². The van der Waals surface area contributed by atoms with E-state index in [1.54, 1.807) is 50.1 Å². The van der Waals surface area contributed by atoms with Crippen LogP contribution < -0.4 is 16.0 Å². The van der Waals surface area contributed by atoms with E-state index in [1.807, 2.05) is 20.8 Å². The predicted molar refractivity (Wildman–Crippen MR) is 118 cm³/mol. The lowest BCUT2D eigenvalue weighted by molar-refractivity contribution is -0.128. The van der Waals surface area contributed by atoms with Crippen molar-refractivity contribution in [2.75, 3.05) is 18.9 Å². The fourth-order valence-electron chi connectivity index (χ4n) is 2.67. The van der Waals surface area contributed by atoms with Gasteiger partial charge in [-0.3, -0.25) is 14.4 Å². The van der Waals surface area contributed by atoms with E-state index in [4.69, 9.17) is 4.74 Å². The van der Waals surface area contributed by atoms with Crippen molar-refractivity contribution in [2.24, 2.45) is 11.8 Å². The van der Waals surface area contributed by atoms with Crippen LogP contribution in [0.4, 0.5) is 10.5 Å². The molecule has 0 aliphatic rings. The molecule has 1 aromatic carbocycles. The third-order valence-corrected chi connectivity index (χ3v) is 5.08. The lowest BCUT2D eigenvalue weighted by Crippen LogP contribution is -2.48. The van der Waals surface area contributed by atoms with E-state index < -0.39 is 23.9 Å². The van der Waals surface area contributed by atoms with Gasteiger partial charge in [-0.1, -0.05) is 39.8 Å². The summed E-state index contributed by atoms with van der Waals surface area (Å²) in [6.45, 7) is 9.54. The smallest absolute Gasteiger partial charge is 0.410 e. The van der Waals surface area contributed by atoms with Crippen LogP contribution in [0.2, 0.25) is 0 Å². The quantitative estimate of drug-likeness (QED) is 0.461. The molecule has 0 heterocycles. The summed E-state index contributed by atoms with van der Waals surface area (Å²) >= 11 is 0. The summed E-state index contributed by atoms with van der Waals surface area (Å²) in [5.41, 5.74) is 1.33. The van der Waals surface area contributed by atoms with Gasteiger partial charge in [-0.05, 0) is 36.5 Å². The Kier molecular flexibility index (Phi) is 10.5. The van der Waals surface area contributed by atoms with Crippen LogP contribution in [0.15, 0.2) is 24.3 Å². The third-order valence-electron chi connectivity index (χ3n) is 5.08. The van der Waals surface area contributed by atoms with Gasteiger partial charge >= 0.3 is 6.09 Å². The minimum atomic E-state index is -0.699. The number of carbonyl (C=O) groups excluding carboxylic acids is 4. The Hall–Kier alpha value is -3.10. The molecule has 9 heteroatoms. The summed E-state index contributed by atoms with van der Waals surface area (Å²) in [5, 5.41) is 7.62. The van der Waals surface area contributed by atoms with Crippen LogP contribution in [0.1, 0.15) is 40.2 Å². The molecule has 2 atom stereocenters. The van der Waals surface area contributed by atoms with Crippen molar-refractivity contribution in [3.05, 3.63) is 29.8 Å². The topological polar surface area (TPSA) is 117 Å². The molecule has 4 amide bonds. The average Bonchev–Trinajstić information content (AvgIpc) is 2.73. The highest BCUT2D eigenvalue weighted by molar-refractivity contribution is 5.95. The Balaban J connectivity index is 2.49. The van der Waals surface area contributed by atoms with Gasteiger partial charge in [0.2, 0.25) is 18.2 Å². The SMILES string of the molecule is CC(C)C(NC=O)C(=O)NCC(=O)Nc1ccc(COC(=O)N(C)C(C)C(C)C)cc1. The van der Waals surface area contributed by atoms with Gasteiger partial charge in [-0.2, -0.15) is 0 Å². The summed E-state index contributed by atoms with van der Waals surface area (Å²) in [4.78, 5) is 48.4. The number of hydrogen-bond acceptors (Lipinski definition) is 5. The van der Waals surface area contributed by atoms with Crippen LogP contribution in [0.5, 0.6) is 0 Å². The first-order valence-corrected chi connectivity index (χ1v) is 10.3. The molecule has 0 saturated carbocycles.